The Kier molecular flexibility index (Phi) is 3.87. The van der Waals surface area contributed by atoms with Crippen LogP contribution >= 0.6 is 11.3 Å². The Hall–Kier alpha value is -1.96. The van der Waals surface area contributed by atoms with Gasteiger partial charge >= 0.3 is 0 Å². The Morgan fingerprint density at radius 3 is 3.14 bits per heavy atom. The molecule has 1 fully saturated rings. The number of aromatic nitrogens is 4. The van der Waals surface area contributed by atoms with Gasteiger partial charge in [-0.1, -0.05) is 11.3 Å². The first-order valence-corrected chi connectivity index (χ1v) is 7.76. The monoisotopic (exact) mass is 307 g/mol. The number of amides is 1. The highest BCUT2D eigenvalue weighted by molar-refractivity contribution is 7.15. The lowest BCUT2D eigenvalue weighted by atomic mass is 10.2. The Morgan fingerprint density at radius 1 is 1.57 bits per heavy atom. The molecule has 1 saturated heterocycles. The molecule has 0 radical (unpaired) electrons. The second-order valence-corrected chi connectivity index (χ2v) is 5.87. The normalized spacial score (nSPS) is 18.2. The Labute approximate surface area is 126 Å². The van der Waals surface area contributed by atoms with Crippen molar-refractivity contribution in [3.8, 4) is 5.19 Å². The molecule has 112 valence electrons. The Bertz CT molecular complexity index is 638. The third-order valence-electron chi connectivity index (χ3n) is 3.52. The minimum absolute atomic E-state index is 0.0102. The molecular weight excluding hydrogens is 290 g/mol. The fourth-order valence-corrected chi connectivity index (χ4v) is 3.34. The predicted octanol–water partition coefficient (Wildman–Crippen LogP) is 1.65. The summed E-state index contributed by atoms with van der Waals surface area (Å²) in [5, 5.41) is 8.58. The van der Waals surface area contributed by atoms with E-state index in [-0.39, 0.29) is 11.9 Å². The summed E-state index contributed by atoms with van der Waals surface area (Å²) in [7, 11) is 1.90. The summed E-state index contributed by atoms with van der Waals surface area (Å²) in [5.74, 6) is 0.819. The van der Waals surface area contributed by atoms with E-state index < -0.39 is 0 Å². The SMILES string of the molecule is CCOc1ncc(C(=O)N2CCC[C@H]2c2nncn2C)s1. The van der Waals surface area contributed by atoms with Crippen molar-refractivity contribution in [3.63, 3.8) is 0 Å². The first-order valence-electron chi connectivity index (χ1n) is 6.94. The van der Waals surface area contributed by atoms with Crippen molar-refractivity contribution in [2.75, 3.05) is 13.2 Å². The van der Waals surface area contributed by atoms with E-state index >= 15 is 0 Å². The summed E-state index contributed by atoms with van der Waals surface area (Å²) in [6.07, 6.45) is 5.13. The van der Waals surface area contributed by atoms with Crippen molar-refractivity contribution in [1.29, 1.82) is 0 Å². The summed E-state index contributed by atoms with van der Waals surface area (Å²) >= 11 is 1.29. The predicted molar refractivity (Wildman–Crippen MR) is 77.3 cm³/mol. The summed E-state index contributed by atoms with van der Waals surface area (Å²) in [6, 6.07) is -0.0114. The van der Waals surface area contributed by atoms with Crippen LogP contribution in [0.4, 0.5) is 0 Å². The van der Waals surface area contributed by atoms with E-state index in [2.05, 4.69) is 15.2 Å². The second kappa shape index (κ2) is 5.80. The lowest BCUT2D eigenvalue weighted by Crippen LogP contribution is -2.31. The fourth-order valence-electron chi connectivity index (χ4n) is 2.56. The third kappa shape index (κ3) is 2.63. The van der Waals surface area contributed by atoms with Crippen LogP contribution in [0.1, 0.15) is 41.3 Å². The molecule has 0 unspecified atom stereocenters. The van der Waals surface area contributed by atoms with Gasteiger partial charge in [-0.2, -0.15) is 0 Å². The molecule has 0 bridgehead atoms. The number of hydrogen-bond donors (Lipinski definition) is 0. The molecule has 1 amide bonds. The lowest BCUT2D eigenvalue weighted by Gasteiger charge is -2.23. The van der Waals surface area contributed by atoms with Crippen LogP contribution in [0.3, 0.4) is 0 Å². The number of rotatable bonds is 4. The van der Waals surface area contributed by atoms with E-state index in [1.165, 1.54) is 11.3 Å². The molecule has 3 rings (SSSR count). The first kappa shape index (κ1) is 14.0. The molecule has 21 heavy (non-hydrogen) atoms. The van der Waals surface area contributed by atoms with Crippen molar-refractivity contribution in [3.05, 3.63) is 23.2 Å². The molecule has 2 aromatic rings. The topological polar surface area (TPSA) is 73.1 Å². The van der Waals surface area contributed by atoms with E-state index in [4.69, 9.17) is 4.74 Å². The molecular formula is C13H17N5O2S. The van der Waals surface area contributed by atoms with E-state index in [0.29, 0.717) is 16.7 Å². The third-order valence-corrected chi connectivity index (χ3v) is 4.42. The molecule has 0 aliphatic carbocycles. The maximum Gasteiger partial charge on any atom is 0.273 e. The molecule has 0 spiro atoms. The molecule has 3 heterocycles. The Balaban J connectivity index is 1.81. The van der Waals surface area contributed by atoms with Crippen LogP contribution in [0, 0.1) is 0 Å². The van der Waals surface area contributed by atoms with Crippen LogP contribution in [0.15, 0.2) is 12.5 Å². The maximum atomic E-state index is 12.7. The molecule has 1 atom stereocenters. The summed E-state index contributed by atoms with van der Waals surface area (Å²) in [6.45, 7) is 3.18. The van der Waals surface area contributed by atoms with Gasteiger partial charge in [0.15, 0.2) is 5.82 Å². The highest BCUT2D eigenvalue weighted by Gasteiger charge is 2.34. The minimum atomic E-state index is -0.0114. The minimum Gasteiger partial charge on any atom is -0.470 e. The zero-order chi connectivity index (χ0) is 14.8. The fraction of sp³-hybridized carbons (Fsp3) is 0.538. The van der Waals surface area contributed by atoms with Crippen molar-refractivity contribution < 1.29 is 9.53 Å². The van der Waals surface area contributed by atoms with Gasteiger partial charge in [-0.25, -0.2) is 4.98 Å². The number of hydrogen-bond acceptors (Lipinski definition) is 6. The number of likely N-dealkylation sites (tertiary alicyclic amines) is 1. The molecule has 8 heteroatoms. The zero-order valence-electron chi connectivity index (χ0n) is 12.0. The van der Waals surface area contributed by atoms with Crippen LogP contribution in [0.5, 0.6) is 5.19 Å². The van der Waals surface area contributed by atoms with Crippen molar-refractivity contribution in [1.82, 2.24) is 24.6 Å². The molecule has 0 N–H and O–H groups in total. The zero-order valence-corrected chi connectivity index (χ0v) is 12.8. The van der Waals surface area contributed by atoms with E-state index in [0.717, 1.165) is 25.2 Å². The summed E-state index contributed by atoms with van der Waals surface area (Å²) in [5.41, 5.74) is 0. The molecule has 2 aromatic heterocycles. The highest BCUT2D eigenvalue weighted by Crippen LogP contribution is 2.33. The average molecular weight is 307 g/mol. The van der Waals surface area contributed by atoms with Gasteiger partial charge in [-0.3, -0.25) is 4.79 Å². The molecule has 7 nitrogen and oxygen atoms in total. The maximum absolute atomic E-state index is 12.7. The van der Waals surface area contributed by atoms with Crippen molar-refractivity contribution >= 4 is 17.2 Å². The van der Waals surface area contributed by atoms with Crippen LogP contribution in [0.25, 0.3) is 0 Å². The number of nitrogens with zero attached hydrogens (tertiary/aromatic N) is 5. The second-order valence-electron chi connectivity index (χ2n) is 4.88. The largest absolute Gasteiger partial charge is 0.470 e. The van der Waals surface area contributed by atoms with Crippen LogP contribution in [-0.2, 0) is 7.05 Å². The van der Waals surface area contributed by atoms with Gasteiger partial charge in [-0.15, -0.1) is 10.2 Å². The molecule has 1 aliphatic rings. The van der Waals surface area contributed by atoms with Gasteiger partial charge in [0.1, 0.15) is 11.2 Å². The van der Waals surface area contributed by atoms with Crippen molar-refractivity contribution in [2.24, 2.45) is 7.05 Å². The number of thiazole rings is 1. The average Bonchev–Trinajstić information content (AvgIpc) is 3.17. The molecule has 0 aromatic carbocycles. The number of aryl methyl sites for hydroxylation is 1. The van der Waals surface area contributed by atoms with Gasteiger partial charge < -0.3 is 14.2 Å². The van der Waals surface area contributed by atoms with Gasteiger partial charge in [0.25, 0.3) is 11.1 Å². The smallest absolute Gasteiger partial charge is 0.273 e. The lowest BCUT2D eigenvalue weighted by molar-refractivity contribution is 0.0732. The number of ether oxygens (including phenoxy) is 1. The number of carbonyl (C=O) groups is 1. The van der Waals surface area contributed by atoms with Gasteiger partial charge in [0.2, 0.25) is 0 Å². The van der Waals surface area contributed by atoms with Crippen molar-refractivity contribution in [2.45, 2.75) is 25.8 Å². The standard InChI is InChI=1S/C13H17N5O2S/c1-3-20-13-14-7-10(21-13)12(19)18-6-4-5-9(18)11-16-15-8-17(11)2/h7-9H,3-6H2,1-2H3/t9-/m0/s1. The van der Waals surface area contributed by atoms with Crippen LogP contribution < -0.4 is 4.74 Å². The van der Waals surface area contributed by atoms with Crippen LogP contribution in [-0.4, -0.2) is 43.7 Å². The van der Waals surface area contributed by atoms with Gasteiger partial charge in [0.05, 0.1) is 18.8 Å². The first-order chi connectivity index (χ1) is 10.2. The molecule has 1 aliphatic heterocycles. The quantitative estimate of drug-likeness (QED) is 0.858. The summed E-state index contributed by atoms with van der Waals surface area (Å²) < 4.78 is 7.20. The highest BCUT2D eigenvalue weighted by atomic mass is 32.1. The van der Waals surface area contributed by atoms with Crippen LogP contribution in [0.2, 0.25) is 0 Å². The summed E-state index contributed by atoms with van der Waals surface area (Å²) in [4.78, 5) is 19.2. The van der Waals surface area contributed by atoms with E-state index in [1.54, 1.807) is 12.5 Å². The van der Waals surface area contributed by atoms with E-state index in [9.17, 15) is 4.79 Å². The Morgan fingerprint density at radius 2 is 2.43 bits per heavy atom. The van der Waals surface area contributed by atoms with E-state index in [1.807, 2.05) is 23.4 Å². The van der Waals surface area contributed by atoms with Gasteiger partial charge in [-0.05, 0) is 19.8 Å². The van der Waals surface area contributed by atoms with Gasteiger partial charge in [0, 0.05) is 13.6 Å². The number of carbonyl (C=O) groups excluding carboxylic acids is 1. The molecule has 0 saturated carbocycles.